The van der Waals surface area contributed by atoms with Crippen LogP contribution in [-0.4, -0.2) is 31.6 Å². The van der Waals surface area contributed by atoms with Crippen molar-refractivity contribution in [2.24, 2.45) is 5.92 Å². The highest BCUT2D eigenvalue weighted by molar-refractivity contribution is 5.48. The standard InChI is InChI=1S/C18H25NO/c1-19-11-10-18-9-4-3-6-15(18)16(19)12-13-14(18)7-5-8-17(13)20-2/h5,7-8,15-16H,3-4,6,9-12H2,1-2H3/t15-,16+,18-/m0/s1. The van der Waals surface area contributed by atoms with E-state index in [0.29, 0.717) is 5.41 Å². The largest absolute Gasteiger partial charge is 0.496 e. The molecular formula is C18H25NO. The Kier molecular flexibility index (Phi) is 2.85. The summed E-state index contributed by atoms with van der Waals surface area (Å²) < 4.78 is 5.67. The zero-order valence-corrected chi connectivity index (χ0v) is 12.7. The molecule has 0 N–H and O–H groups in total. The Morgan fingerprint density at radius 1 is 1.25 bits per heavy atom. The smallest absolute Gasteiger partial charge is 0.122 e. The molecule has 1 heterocycles. The van der Waals surface area contributed by atoms with Crippen molar-refractivity contribution in [3.63, 3.8) is 0 Å². The highest BCUT2D eigenvalue weighted by atomic mass is 16.5. The molecular weight excluding hydrogens is 246 g/mol. The van der Waals surface area contributed by atoms with Crippen LogP contribution in [0, 0.1) is 5.92 Å². The predicted octanol–water partition coefficient (Wildman–Crippen LogP) is 3.38. The molecule has 2 nitrogen and oxygen atoms in total. The molecule has 2 bridgehead atoms. The number of nitrogens with zero attached hydrogens (tertiary/aromatic N) is 1. The van der Waals surface area contributed by atoms with E-state index in [9.17, 15) is 0 Å². The quantitative estimate of drug-likeness (QED) is 0.776. The van der Waals surface area contributed by atoms with E-state index < -0.39 is 0 Å². The van der Waals surface area contributed by atoms with Gasteiger partial charge >= 0.3 is 0 Å². The number of rotatable bonds is 1. The van der Waals surface area contributed by atoms with Gasteiger partial charge in [0.25, 0.3) is 0 Å². The fourth-order valence-electron chi connectivity index (χ4n) is 5.40. The lowest BCUT2D eigenvalue weighted by Gasteiger charge is -2.58. The number of piperidine rings is 1. The third-order valence-electron chi connectivity index (χ3n) is 6.34. The highest BCUT2D eigenvalue weighted by Crippen LogP contribution is 2.56. The Balaban J connectivity index is 1.91. The first-order valence-corrected chi connectivity index (χ1v) is 8.13. The molecule has 20 heavy (non-hydrogen) atoms. The number of likely N-dealkylation sites (tertiary alicyclic amines) is 1. The lowest BCUT2D eigenvalue weighted by atomic mass is 9.52. The lowest BCUT2D eigenvalue weighted by molar-refractivity contribution is 0.00227. The van der Waals surface area contributed by atoms with Crippen molar-refractivity contribution >= 4 is 0 Å². The van der Waals surface area contributed by atoms with Crippen molar-refractivity contribution in [2.75, 3.05) is 20.7 Å². The van der Waals surface area contributed by atoms with E-state index in [1.165, 1.54) is 50.6 Å². The summed E-state index contributed by atoms with van der Waals surface area (Å²) in [6.45, 7) is 1.26. The van der Waals surface area contributed by atoms with Crippen LogP contribution in [0.15, 0.2) is 18.2 Å². The summed E-state index contributed by atoms with van der Waals surface area (Å²) in [6.07, 6.45) is 8.17. The molecule has 0 aromatic heterocycles. The van der Waals surface area contributed by atoms with Gasteiger partial charge in [-0.3, -0.25) is 0 Å². The van der Waals surface area contributed by atoms with Crippen LogP contribution in [-0.2, 0) is 11.8 Å². The minimum Gasteiger partial charge on any atom is -0.496 e. The van der Waals surface area contributed by atoms with Gasteiger partial charge in [-0.25, -0.2) is 0 Å². The summed E-state index contributed by atoms with van der Waals surface area (Å²) in [4.78, 5) is 2.61. The average Bonchev–Trinajstić information content (AvgIpc) is 2.50. The van der Waals surface area contributed by atoms with Crippen molar-refractivity contribution in [3.8, 4) is 5.75 Å². The molecule has 2 fully saturated rings. The van der Waals surface area contributed by atoms with Crippen LogP contribution in [0.4, 0.5) is 0 Å². The predicted molar refractivity (Wildman–Crippen MR) is 81.4 cm³/mol. The monoisotopic (exact) mass is 271 g/mol. The topological polar surface area (TPSA) is 12.5 Å². The van der Waals surface area contributed by atoms with Gasteiger partial charge in [0.1, 0.15) is 5.75 Å². The van der Waals surface area contributed by atoms with Gasteiger partial charge in [0.05, 0.1) is 7.11 Å². The van der Waals surface area contributed by atoms with Crippen molar-refractivity contribution in [1.82, 2.24) is 4.90 Å². The maximum atomic E-state index is 5.67. The van der Waals surface area contributed by atoms with Crippen LogP contribution < -0.4 is 4.74 Å². The van der Waals surface area contributed by atoms with Crippen LogP contribution in [0.3, 0.4) is 0 Å². The highest BCUT2D eigenvalue weighted by Gasteiger charge is 2.53. The normalized spacial score (nSPS) is 36.1. The number of benzene rings is 1. The average molecular weight is 271 g/mol. The number of fused-ring (bicyclic) bond motifs is 1. The molecule has 2 heteroatoms. The lowest BCUT2D eigenvalue weighted by Crippen LogP contribution is -2.59. The number of hydrogen-bond donors (Lipinski definition) is 0. The molecule has 3 atom stereocenters. The van der Waals surface area contributed by atoms with Gasteiger partial charge in [0, 0.05) is 11.5 Å². The number of methoxy groups -OCH3 is 1. The van der Waals surface area contributed by atoms with Gasteiger partial charge in [-0.15, -0.1) is 0 Å². The maximum absolute atomic E-state index is 5.67. The van der Waals surface area contributed by atoms with Gasteiger partial charge in [-0.1, -0.05) is 25.0 Å². The van der Waals surface area contributed by atoms with E-state index in [-0.39, 0.29) is 0 Å². The first-order valence-electron chi connectivity index (χ1n) is 8.13. The van der Waals surface area contributed by atoms with E-state index in [1.54, 1.807) is 5.56 Å². The molecule has 0 radical (unpaired) electrons. The zero-order valence-electron chi connectivity index (χ0n) is 12.7. The van der Waals surface area contributed by atoms with Crippen LogP contribution in [0.1, 0.15) is 43.2 Å². The summed E-state index contributed by atoms with van der Waals surface area (Å²) in [7, 11) is 4.14. The van der Waals surface area contributed by atoms with E-state index in [2.05, 4.69) is 30.1 Å². The second-order valence-corrected chi connectivity index (χ2v) is 7.00. The maximum Gasteiger partial charge on any atom is 0.122 e. The molecule has 1 aromatic rings. The summed E-state index contributed by atoms with van der Waals surface area (Å²) in [6, 6.07) is 7.48. The molecule has 2 aliphatic carbocycles. The minimum atomic E-state index is 0.456. The molecule has 1 saturated carbocycles. The third-order valence-corrected chi connectivity index (χ3v) is 6.34. The van der Waals surface area contributed by atoms with Crippen LogP contribution >= 0.6 is 0 Å². The number of hydrogen-bond acceptors (Lipinski definition) is 2. The van der Waals surface area contributed by atoms with E-state index >= 15 is 0 Å². The third kappa shape index (κ3) is 1.54. The first kappa shape index (κ1) is 12.7. The zero-order chi connectivity index (χ0) is 13.7. The molecule has 1 aliphatic heterocycles. The Labute approximate surface area is 122 Å². The van der Waals surface area contributed by atoms with Crippen LogP contribution in [0.2, 0.25) is 0 Å². The van der Waals surface area contributed by atoms with Crippen molar-refractivity contribution < 1.29 is 4.74 Å². The van der Waals surface area contributed by atoms with Gasteiger partial charge < -0.3 is 9.64 Å². The molecule has 0 spiro atoms. The summed E-state index contributed by atoms with van der Waals surface area (Å²) >= 11 is 0. The molecule has 1 aromatic carbocycles. The Morgan fingerprint density at radius 3 is 3.00 bits per heavy atom. The summed E-state index contributed by atoms with van der Waals surface area (Å²) in [5.74, 6) is 1.99. The molecule has 108 valence electrons. The van der Waals surface area contributed by atoms with Crippen molar-refractivity contribution in [3.05, 3.63) is 29.3 Å². The molecule has 1 saturated heterocycles. The molecule has 0 unspecified atom stereocenters. The molecule has 4 rings (SSSR count). The Hall–Kier alpha value is -1.02. The van der Waals surface area contributed by atoms with Crippen LogP contribution in [0.5, 0.6) is 5.75 Å². The van der Waals surface area contributed by atoms with Crippen molar-refractivity contribution in [2.45, 2.75) is 50.0 Å². The summed E-state index contributed by atoms with van der Waals surface area (Å²) in [5, 5.41) is 0. The Bertz CT molecular complexity index is 526. The fraction of sp³-hybridized carbons (Fsp3) is 0.667. The van der Waals surface area contributed by atoms with E-state index in [1.807, 2.05) is 7.11 Å². The second-order valence-electron chi connectivity index (χ2n) is 7.00. The van der Waals surface area contributed by atoms with Crippen LogP contribution in [0.25, 0.3) is 0 Å². The Morgan fingerprint density at radius 2 is 2.15 bits per heavy atom. The van der Waals surface area contributed by atoms with Crippen molar-refractivity contribution in [1.29, 1.82) is 0 Å². The van der Waals surface area contributed by atoms with E-state index in [4.69, 9.17) is 4.74 Å². The molecule has 3 aliphatic rings. The first-order chi connectivity index (χ1) is 9.76. The van der Waals surface area contributed by atoms with Gasteiger partial charge in [0.15, 0.2) is 0 Å². The number of ether oxygens (including phenoxy) is 1. The van der Waals surface area contributed by atoms with Gasteiger partial charge in [-0.05, 0) is 62.4 Å². The van der Waals surface area contributed by atoms with Gasteiger partial charge in [0.2, 0.25) is 0 Å². The SMILES string of the molecule is COc1cccc2c1C[C@@H]1[C@@H]3CCCC[C@]23CCN1C. The second kappa shape index (κ2) is 4.49. The summed E-state index contributed by atoms with van der Waals surface area (Å²) in [5.41, 5.74) is 3.59. The fourth-order valence-corrected chi connectivity index (χ4v) is 5.40. The number of likely N-dealkylation sites (N-methyl/N-ethyl adjacent to an activating group) is 1. The van der Waals surface area contributed by atoms with Gasteiger partial charge in [-0.2, -0.15) is 0 Å². The molecule has 0 amide bonds. The van der Waals surface area contributed by atoms with E-state index in [0.717, 1.165) is 17.7 Å². The minimum absolute atomic E-state index is 0.456.